The first-order valence-electron chi connectivity index (χ1n) is 9.15. The van der Waals surface area contributed by atoms with Crippen molar-refractivity contribution in [2.45, 2.75) is 42.5 Å². The highest BCUT2D eigenvalue weighted by molar-refractivity contribution is 7.89. The van der Waals surface area contributed by atoms with E-state index in [2.05, 4.69) is 18.4 Å². The minimum atomic E-state index is -3.64. The van der Waals surface area contributed by atoms with Crippen LogP contribution in [-0.2, 0) is 14.8 Å². The first kappa shape index (κ1) is 18.2. The van der Waals surface area contributed by atoms with Gasteiger partial charge in [-0.25, -0.2) is 13.1 Å². The number of benzene rings is 1. The molecule has 1 aliphatic carbocycles. The van der Waals surface area contributed by atoms with E-state index in [9.17, 15) is 8.42 Å². The van der Waals surface area contributed by atoms with Crippen molar-refractivity contribution in [2.24, 2.45) is 0 Å². The van der Waals surface area contributed by atoms with E-state index >= 15 is 0 Å². The second kappa shape index (κ2) is 7.47. The number of rotatable bonds is 5. The lowest BCUT2D eigenvalue weighted by Crippen LogP contribution is -2.59. The Bertz CT molecular complexity index is 856. The lowest BCUT2D eigenvalue weighted by Gasteiger charge is -2.48. The van der Waals surface area contributed by atoms with E-state index in [0.717, 1.165) is 63.7 Å². The maximum atomic E-state index is 13.0. The van der Waals surface area contributed by atoms with Crippen molar-refractivity contribution in [1.82, 2.24) is 18.4 Å². The fraction of sp³-hybridized carbons (Fsp3) is 0.647. The van der Waals surface area contributed by atoms with Gasteiger partial charge in [-0.05, 0) is 25.0 Å². The summed E-state index contributed by atoms with van der Waals surface area (Å²) in [7, 11) is -3.64. The lowest BCUT2D eigenvalue weighted by atomic mass is 9.80. The maximum Gasteiger partial charge on any atom is 0.242 e. The fourth-order valence-corrected chi connectivity index (χ4v) is 6.04. The van der Waals surface area contributed by atoms with E-state index in [1.807, 2.05) is 0 Å². The number of hydrogen-bond donors (Lipinski definition) is 1. The molecule has 1 aromatic heterocycles. The number of nitrogens with one attached hydrogen (secondary N) is 1. The van der Waals surface area contributed by atoms with Crippen LogP contribution in [0.25, 0.3) is 11.0 Å². The summed E-state index contributed by atoms with van der Waals surface area (Å²) in [4.78, 5) is 2.65. The average molecular weight is 397 g/mol. The van der Waals surface area contributed by atoms with Crippen LogP contribution in [0.15, 0.2) is 23.1 Å². The van der Waals surface area contributed by atoms with E-state index < -0.39 is 10.0 Å². The van der Waals surface area contributed by atoms with Crippen LogP contribution in [-0.4, -0.2) is 60.5 Å². The molecule has 2 heterocycles. The van der Waals surface area contributed by atoms with Crippen LogP contribution < -0.4 is 4.72 Å². The van der Waals surface area contributed by atoms with Crippen LogP contribution in [0.3, 0.4) is 0 Å². The molecule has 7 nitrogen and oxygen atoms in total. The SMILES string of the molecule is O=S(=O)(NCC1(N2CCOCC2)CCCCC1)c1cccc2nsnc12. The van der Waals surface area contributed by atoms with Gasteiger partial charge in [-0.1, -0.05) is 25.3 Å². The largest absolute Gasteiger partial charge is 0.379 e. The third kappa shape index (κ3) is 3.50. The lowest BCUT2D eigenvalue weighted by molar-refractivity contribution is -0.0348. The van der Waals surface area contributed by atoms with Crippen LogP contribution in [0.2, 0.25) is 0 Å². The van der Waals surface area contributed by atoms with Crippen molar-refractivity contribution in [1.29, 1.82) is 0 Å². The quantitative estimate of drug-likeness (QED) is 0.832. The van der Waals surface area contributed by atoms with Crippen LogP contribution in [0.5, 0.6) is 0 Å². The highest BCUT2D eigenvalue weighted by Gasteiger charge is 2.39. The molecule has 1 saturated heterocycles. The zero-order valence-electron chi connectivity index (χ0n) is 14.7. The summed E-state index contributed by atoms with van der Waals surface area (Å²) < 4.78 is 42.7. The summed E-state index contributed by atoms with van der Waals surface area (Å²) in [5, 5.41) is 0. The zero-order chi connectivity index (χ0) is 18.0. The van der Waals surface area contributed by atoms with Crippen LogP contribution >= 0.6 is 11.7 Å². The fourth-order valence-electron chi connectivity index (χ4n) is 4.16. The van der Waals surface area contributed by atoms with Crippen molar-refractivity contribution in [3.63, 3.8) is 0 Å². The Balaban J connectivity index is 1.57. The molecule has 0 radical (unpaired) electrons. The molecular formula is C17H24N4O3S2. The Morgan fingerprint density at radius 1 is 1.15 bits per heavy atom. The monoisotopic (exact) mass is 396 g/mol. The average Bonchev–Trinajstić information content (AvgIpc) is 3.17. The molecule has 1 N–H and O–H groups in total. The van der Waals surface area contributed by atoms with E-state index in [4.69, 9.17) is 4.74 Å². The highest BCUT2D eigenvalue weighted by atomic mass is 32.2. The summed E-state index contributed by atoms with van der Waals surface area (Å²) in [5.41, 5.74) is 0.969. The van der Waals surface area contributed by atoms with Gasteiger partial charge in [0.15, 0.2) is 0 Å². The van der Waals surface area contributed by atoms with Gasteiger partial charge in [0.05, 0.1) is 24.9 Å². The molecule has 26 heavy (non-hydrogen) atoms. The van der Waals surface area contributed by atoms with Crippen molar-refractivity contribution in [3.05, 3.63) is 18.2 Å². The van der Waals surface area contributed by atoms with Crippen LogP contribution in [0, 0.1) is 0 Å². The molecule has 0 atom stereocenters. The molecule has 2 fully saturated rings. The van der Waals surface area contributed by atoms with Gasteiger partial charge in [-0.3, -0.25) is 4.90 Å². The van der Waals surface area contributed by atoms with Crippen molar-refractivity contribution >= 4 is 32.8 Å². The van der Waals surface area contributed by atoms with E-state index in [1.165, 1.54) is 6.42 Å². The van der Waals surface area contributed by atoms with Gasteiger partial charge in [-0.15, -0.1) is 0 Å². The first-order valence-corrected chi connectivity index (χ1v) is 11.4. The minimum absolute atomic E-state index is 0.108. The Morgan fingerprint density at radius 3 is 2.69 bits per heavy atom. The highest BCUT2D eigenvalue weighted by Crippen LogP contribution is 2.34. The molecular weight excluding hydrogens is 372 g/mol. The Hall–Kier alpha value is -1.13. The standard InChI is InChI=1S/C17H24N4O3S2/c22-26(23,15-6-4-5-14-16(15)20-25-19-14)18-13-17(7-2-1-3-8-17)21-9-11-24-12-10-21/h4-6,18H,1-3,7-13H2. The summed E-state index contributed by atoms with van der Waals surface area (Å²) >= 11 is 1.04. The van der Waals surface area contributed by atoms with Crippen molar-refractivity contribution in [2.75, 3.05) is 32.8 Å². The first-order chi connectivity index (χ1) is 12.6. The third-order valence-corrected chi connectivity index (χ3v) is 7.57. The zero-order valence-corrected chi connectivity index (χ0v) is 16.3. The topological polar surface area (TPSA) is 84.4 Å². The second-order valence-corrected chi connectivity index (χ2v) is 9.36. The molecule has 0 bridgehead atoms. The van der Waals surface area contributed by atoms with E-state index in [1.54, 1.807) is 18.2 Å². The predicted molar refractivity (Wildman–Crippen MR) is 101 cm³/mol. The van der Waals surface area contributed by atoms with Gasteiger partial charge in [0.25, 0.3) is 0 Å². The van der Waals surface area contributed by atoms with Gasteiger partial charge in [0.1, 0.15) is 15.9 Å². The molecule has 1 aromatic carbocycles. The summed E-state index contributed by atoms with van der Waals surface area (Å²) in [6, 6.07) is 5.11. The number of ether oxygens (including phenoxy) is 1. The third-order valence-electron chi connectivity index (χ3n) is 5.60. The molecule has 0 unspecified atom stereocenters. The smallest absolute Gasteiger partial charge is 0.242 e. The van der Waals surface area contributed by atoms with Crippen LogP contribution in [0.1, 0.15) is 32.1 Å². The number of fused-ring (bicyclic) bond motifs is 1. The van der Waals surface area contributed by atoms with Gasteiger partial charge >= 0.3 is 0 Å². The van der Waals surface area contributed by atoms with E-state index in [-0.39, 0.29) is 10.4 Å². The summed E-state index contributed by atoms with van der Waals surface area (Å²) in [5.74, 6) is 0. The maximum absolute atomic E-state index is 13.0. The Labute approximate surface area is 158 Å². The number of nitrogens with zero attached hydrogens (tertiary/aromatic N) is 3. The van der Waals surface area contributed by atoms with Gasteiger partial charge in [0, 0.05) is 25.2 Å². The summed E-state index contributed by atoms with van der Waals surface area (Å²) in [6.07, 6.45) is 5.56. The molecule has 2 aromatic rings. The molecule has 1 aliphatic heterocycles. The Kier molecular flexibility index (Phi) is 5.24. The van der Waals surface area contributed by atoms with E-state index in [0.29, 0.717) is 17.6 Å². The van der Waals surface area contributed by atoms with Gasteiger partial charge in [0.2, 0.25) is 10.0 Å². The van der Waals surface area contributed by atoms with Crippen molar-refractivity contribution in [3.8, 4) is 0 Å². The second-order valence-electron chi connectivity index (χ2n) is 7.10. The predicted octanol–water partition coefficient (Wildman–Crippen LogP) is 2.00. The molecule has 142 valence electrons. The molecule has 4 rings (SSSR count). The van der Waals surface area contributed by atoms with Gasteiger partial charge in [-0.2, -0.15) is 8.75 Å². The number of hydrogen-bond acceptors (Lipinski definition) is 7. The molecule has 2 aliphatic rings. The van der Waals surface area contributed by atoms with Crippen LogP contribution in [0.4, 0.5) is 0 Å². The minimum Gasteiger partial charge on any atom is -0.379 e. The molecule has 0 spiro atoms. The van der Waals surface area contributed by atoms with Crippen molar-refractivity contribution < 1.29 is 13.2 Å². The Morgan fingerprint density at radius 2 is 1.92 bits per heavy atom. The molecule has 1 saturated carbocycles. The number of sulfonamides is 1. The van der Waals surface area contributed by atoms with Gasteiger partial charge < -0.3 is 4.74 Å². The number of morpholine rings is 1. The molecule has 0 amide bonds. The normalized spacial score (nSPS) is 21.8. The number of aromatic nitrogens is 2. The molecule has 9 heteroatoms. The summed E-state index contributed by atoms with van der Waals surface area (Å²) in [6.45, 7) is 3.61.